The topological polar surface area (TPSA) is 47.4 Å². The van der Waals surface area contributed by atoms with Gasteiger partial charge in [-0.25, -0.2) is 4.68 Å². The molecule has 2 heterocycles. The molecule has 0 atom stereocenters. The van der Waals surface area contributed by atoms with Crippen molar-refractivity contribution in [2.24, 2.45) is 0 Å². The molecular weight excluding hydrogens is 559 g/mol. The molecule has 1 aliphatic rings. The lowest BCUT2D eigenvalue weighted by Gasteiger charge is -2.14. The number of thioether (sulfide) groups is 1. The Kier molecular flexibility index (Phi) is 8.30. The minimum Gasteiger partial charge on any atom is -0.489 e. The number of aryl methyl sites for hydroxylation is 1. The van der Waals surface area contributed by atoms with Crippen LogP contribution in [0.2, 0.25) is 0 Å². The average molecular weight is 588 g/mol. The molecule has 42 heavy (non-hydrogen) atoms. The molecule has 5 nitrogen and oxygen atoms in total. The van der Waals surface area contributed by atoms with Crippen LogP contribution in [0.15, 0.2) is 120 Å². The molecule has 6 rings (SSSR count). The van der Waals surface area contributed by atoms with Crippen LogP contribution in [0, 0.1) is 6.92 Å². The van der Waals surface area contributed by atoms with Crippen LogP contribution in [0.25, 0.3) is 23.0 Å². The van der Waals surface area contributed by atoms with Crippen LogP contribution in [0.5, 0.6) is 5.75 Å². The summed E-state index contributed by atoms with van der Waals surface area (Å²) >= 11 is 6.95. The van der Waals surface area contributed by atoms with Crippen molar-refractivity contribution in [2.75, 3.05) is 6.54 Å². The fourth-order valence-electron chi connectivity index (χ4n) is 4.71. The summed E-state index contributed by atoms with van der Waals surface area (Å²) in [6, 6.07) is 36.3. The molecule has 4 aromatic carbocycles. The summed E-state index contributed by atoms with van der Waals surface area (Å²) in [5.74, 6) is 0.710. The second-order valence-corrected chi connectivity index (χ2v) is 11.8. The van der Waals surface area contributed by atoms with Gasteiger partial charge in [-0.15, -0.1) is 0 Å². The number of aromatic nitrogens is 2. The molecule has 1 aromatic heterocycles. The van der Waals surface area contributed by atoms with E-state index in [-0.39, 0.29) is 5.91 Å². The Morgan fingerprint density at radius 1 is 0.857 bits per heavy atom. The van der Waals surface area contributed by atoms with Gasteiger partial charge in [-0.2, -0.15) is 5.10 Å². The Morgan fingerprint density at radius 2 is 1.55 bits per heavy atom. The smallest absolute Gasteiger partial charge is 0.266 e. The maximum absolute atomic E-state index is 13.4. The molecule has 0 radical (unpaired) electrons. The number of carbonyl (C=O) groups excluding carboxylic acids is 1. The third kappa shape index (κ3) is 6.38. The van der Waals surface area contributed by atoms with Crippen molar-refractivity contribution in [3.05, 3.63) is 143 Å². The summed E-state index contributed by atoms with van der Waals surface area (Å²) < 4.78 is 8.45. The van der Waals surface area contributed by atoms with E-state index in [9.17, 15) is 4.79 Å². The van der Waals surface area contributed by atoms with Crippen molar-refractivity contribution in [1.82, 2.24) is 14.7 Å². The van der Waals surface area contributed by atoms with E-state index < -0.39 is 0 Å². The van der Waals surface area contributed by atoms with Gasteiger partial charge in [0, 0.05) is 23.9 Å². The zero-order valence-corrected chi connectivity index (χ0v) is 24.8. The van der Waals surface area contributed by atoms with E-state index in [0.717, 1.165) is 40.2 Å². The zero-order valence-electron chi connectivity index (χ0n) is 23.1. The normalized spacial score (nSPS) is 14.1. The summed E-state index contributed by atoms with van der Waals surface area (Å²) in [4.78, 5) is 15.7. The van der Waals surface area contributed by atoms with Crippen LogP contribution in [0.3, 0.4) is 0 Å². The Hall–Kier alpha value is -4.46. The van der Waals surface area contributed by atoms with E-state index in [4.69, 9.17) is 22.1 Å². The first-order valence-electron chi connectivity index (χ1n) is 13.8. The fourth-order valence-corrected chi connectivity index (χ4v) is 6.01. The highest BCUT2D eigenvalue weighted by Gasteiger charge is 2.32. The quantitative estimate of drug-likeness (QED) is 0.130. The van der Waals surface area contributed by atoms with Gasteiger partial charge in [0.15, 0.2) is 0 Å². The number of ether oxygens (including phenoxy) is 1. The first-order valence-corrected chi connectivity index (χ1v) is 15.0. The summed E-state index contributed by atoms with van der Waals surface area (Å²) in [6.45, 7) is 3.12. The van der Waals surface area contributed by atoms with Crippen LogP contribution >= 0.6 is 24.0 Å². The van der Waals surface area contributed by atoms with Gasteiger partial charge in [0.2, 0.25) is 0 Å². The SMILES string of the molecule is Cc1ccc(COc2ccc(-c3nn(-c4ccccc4)cc3/C=C3\SC(=S)N(CCc4ccccc4)C3=O)cc2)cc1. The number of hydrogen-bond acceptors (Lipinski definition) is 5. The summed E-state index contributed by atoms with van der Waals surface area (Å²) in [6.07, 6.45) is 4.62. The van der Waals surface area contributed by atoms with Gasteiger partial charge in [0.05, 0.1) is 16.3 Å². The van der Waals surface area contributed by atoms with E-state index >= 15 is 0 Å². The third-order valence-electron chi connectivity index (χ3n) is 7.04. The standard InChI is InChI=1S/C35H29N3O2S2/c1-25-12-14-27(15-13-25)24-40-31-18-16-28(17-19-31)33-29(23-38(36-33)30-10-6-3-7-11-30)22-32-34(39)37(35(41)42-32)21-20-26-8-4-2-5-9-26/h2-19,22-23H,20-21,24H2,1H3/b32-22-. The second-order valence-electron chi connectivity index (χ2n) is 10.1. The lowest BCUT2D eigenvalue weighted by Crippen LogP contribution is -2.30. The van der Waals surface area contributed by atoms with Gasteiger partial charge in [0.1, 0.15) is 16.7 Å². The summed E-state index contributed by atoms with van der Waals surface area (Å²) in [5.41, 5.74) is 7.00. The number of rotatable bonds is 9. The van der Waals surface area contributed by atoms with Crippen LogP contribution < -0.4 is 4.74 Å². The minimum atomic E-state index is -0.0702. The molecule has 7 heteroatoms. The van der Waals surface area contributed by atoms with Crippen molar-refractivity contribution < 1.29 is 9.53 Å². The number of carbonyl (C=O) groups is 1. The first kappa shape index (κ1) is 27.7. The van der Waals surface area contributed by atoms with E-state index in [1.54, 1.807) is 4.90 Å². The van der Waals surface area contributed by atoms with Gasteiger partial charge in [-0.1, -0.05) is 102 Å². The molecule has 0 bridgehead atoms. The zero-order chi connectivity index (χ0) is 28.9. The first-order chi connectivity index (χ1) is 20.5. The summed E-state index contributed by atoms with van der Waals surface area (Å²) in [7, 11) is 0. The van der Waals surface area contributed by atoms with Crippen molar-refractivity contribution in [3.63, 3.8) is 0 Å². The Balaban J connectivity index is 1.25. The van der Waals surface area contributed by atoms with Crippen molar-refractivity contribution in [3.8, 4) is 22.7 Å². The highest BCUT2D eigenvalue weighted by Crippen LogP contribution is 2.35. The second kappa shape index (κ2) is 12.6. The maximum Gasteiger partial charge on any atom is 0.266 e. The molecule has 1 aliphatic heterocycles. The van der Waals surface area contributed by atoms with E-state index in [0.29, 0.717) is 22.4 Å². The molecule has 0 aliphatic carbocycles. The number of nitrogens with zero attached hydrogens (tertiary/aromatic N) is 3. The highest BCUT2D eigenvalue weighted by molar-refractivity contribution is 8.26. The van der Waals surface area contributed by atoms with Gasteiger partial charge in [0.25, 0.3) is 5.91 Å². The van der Waals surface area contributed by atoms with E-state index in [1.165, 1.54) is 22.9 Å². The predicted molar refractivity (Wildman–Crippen MR) is 175 cm³/mol. The molecule has 0 N–H and O–H groups in total. The molecule has 5 aromatic rings. The summed E-state index contributed by atoms with van der Waals surface area (Å²) in [5, 5.41) is 4.93. The van der Waals surface area contributed by atoms with Crippen LogP contribution in [-0.2, 0) is 17.8 Å². The monoisotopic (exact) mass is 587 g/mol. The maximum atomic E-state index is 13.4. The molecule has 0 unspecified atom stereocenters. The third-order valence-corrected chi connectivity index (χ3v) is 8.42. The van der Waals surface area contributed by atoms with E-state index in [1.807, 2.05) is 89.8 Å². The highest BCUT2D eigenvalue weighted by atomic mass is 32.2. The number of thiocarbonyl (C=S) groups is 1. The molecular formula is C35H29N3O2S2. The molecule has 1 fully saturated rings. The predicted octanol–water partition coefficient (Wildman–Crippen LogP) is 7.87. The van der Waals surface area contributed by atoms with Crippen molar-refractivity contribution in [1.29, 1.82) is 0 Å². The fraction of sp³-hybridized carbons (Fsp3) is 0.114. The molecule has 0 saturated carbocycles. The lowest BCUT2D eigenvalue weighted by molar-refractivity contribution is -0.122. The molecule has 1 saturated heterocycles. The van der Waals surface area contributed by atoms with Gasteiger partial charge >= 0.3 is 0 Å². The number of hydrogen-bond donors (Lipinski definition) is 0. The molecule has 1 amide bonds. The Bertz CT molecular complexity index is 1730. The number of para-hydroxylation sites is 1. The van der Waals surface area contributed by atoms with Crippen LogP contribution in [-0.4, -0.2) is 31.5 Å². The van der Waals surface area contributed by atoms with Crippen molar-refractivity contribution in [2.45, 2.75) is 20.0 Å². The van der Waals surface area contributed by atoms with Crippen molar-refractivity contribution >= 4 is 40.3 Å². The average Bonchev–Trinajstić information content (AvgIpc) is 3.56. The molecule has 208 valence electrons. The molecule has 0 spiro atoms. The van der Waals surface area contributed by atoms with E-state index in [2.05, 4.69) is 43.3 Å². The van der Waals surface area contributed by atoms with Gasteiger partial charge < -0.3 is 4.74 Å². The Morgan fingerprint density at radius 3 is 2.26 bits per heavy atom. The number of benzene rings is 4. The van der Waals surface area contributed by atoms with Crippen LogP contribution in [0.1, 0.15) is 22.3 Å². The van der Waals surface area contributed by atoms with Gasteiger partial charge in [-0.05, 0) is 66.9 Å². The Labute approximate surface area is 255 Å². The largest absolute Gasteiger partial charge is 0.489 e. The number of amides is 1. The van der Waals surface area contributed by atoms with Crippen LogP contribution in [0.4, 0.5) is 0 Å². The minimum absolute atomic E-state index is 0.0702. The lowest BCUT2D eigenvalue weighted by atomic mass is 10.1. The van der Waals surface area contributed by atoms with Gasteiger partial charge in [-0.3, -0.25) is 9.69 Å².